The van der Waals surface area contributed by atoms with E-state index in [2.05, 4.69) is 0 Å². The summed E-state index contributed by atoms with van der Waals surface area (Å²) in [6.07, 6.45) is 71.2. The molecule has 2 heterocycles. The maximum Gasteiger partial charge on any atom is 0.364 e. The average molecular weight is 1270 g/mol. The molecule has 0 unspecified atom stereocenters. The van der Waals surface area contributed by atoms with Gasteiger partial charge in [-0.05, 0) is 205 Å². The number of rotatable bonds is 8. The van der Waals surface area contributed by atoms with Crippen molar-refractivity contribution < 1.29 is 34.0 Å². The van der Waals surface area contributed by atoms with Gasteiger partial charge in [-0.25, -0.2) is 0 Å². The van der Waals surface area contributed by atoms with Crippen molar-refractivity contribution in [3.05, 3.63) is 0 Å². The van der Waals surface area contributed by atoms with Crippen molar-refractivity contribution in [1.82, 2.24) is 0 Å². The molecular weight excluding hydrogens is 1170 g/mol. The molecule has 0 radical (unpaired) electrons. The van der Waals surface area contributed by atoms with Crippen molar-refractivity contribution in [3.63, 3.8) is 0 Å². The number of hydrogen-bond donors (Lipinski definition) is 0. The van der Waals surface area contributed by atoms with Gasteiger partial charge in [0.15, 0.2) is 0 Å². The zero-order chi connectivity index (χ0) is 43.6. The standard InChI is InChI=1S/2C26H49BBrP2.CH2Cl2.2BrH/c2*28-27-29(23-13-5-1-6-14-23,24-15-7-2-8-16-24)21-22-30(27,25-17-9-3-10-18-25)26-19-11-4-12-20-26;2-1-3;;/h2*23-27H,1-22H2;1H2;2*1H/q2*+1;;;/p-2. The third-order valence-electron chi connectivity index (χ3n) is 22.2. The molecule has 2 saturated heterocycles. The molecule has 0 N–H and O–H groups in total. The summed E-state index contributed by atoms with van der Waals surface area (Å²) in [6, 6.07) is 0. The van der Waals surface area contributed by atoms with Crippen LogP contribution in [0.2, 0.25) is 0 Å². The lowest BCUT2D eigenvalue weighted by Crippen LogP contribution is -3.00. The Kier molecular flexibility index (Phi) is 26.2. The van der Waals surface area contributed by atoms with Crippen LogP contribution >= 0.6 is 83.3 Å². The maximum atomic E-state index is 4.91. The van der Waals surface area contributed by atoms with E-state index in [1.807, 2.05) is 0 Å². The molecule has 0 bridgehead atoms. The van der Waals surface area contributed by atoms with Gasteiger partial charge in [0.2, 0.25) is 0 Å². The van der Waals surface area contributed by atoms with Gasteiger partial charge in [-0.3, -0.25) is 31.5 Å². The summed E-state index contributed by atoms with van der Waals surface area (Å²) in [5, 5.41) is 0.194. The third kappa shape index (κ3) is 12.6. The summed E-state index contributed by atoms with van der Waals surface area (Å²) < 4.78 is 0. The van der Waals surface area contributed by atoms with Crippen LogP contribution in [0.3, 0.4) is 0 Å². The van der Waals surface area contributed by atoms with Gasteiger partial charge in [0, 0.05) is 45.3 Å². The van der Waals surface area contributed by atoms with Gasteiger partial charge in [-0.1, -0.05) is 79.9 Å². The molecule has 10 fully saturated rings. The van der Waals surface area contributed by atoms with Crippen LogP contribution in [-0.2, 0) is 0 Å². The van der Waals surface area contributed by atoms with Crippen molar-refractivity contribution in [2.75, 3.05) is 30.0 Å². The molecule has 8 aliphatic carbocycles. The van der Waals surface area contributed by atoms with Crippen molar-refractivity contribution >= 4 is 93.2 Å². The molecule has 12 heteroatoms. The van der Waals surface area contributed by atoms with E-state index in [0.29, 0.717) is 0 Å². The normalized spacial score (nSPS) is 30.8. The van der Waals surface area contributed by atoms with Crippen molar-refractivity contribution in [1.29, 1.82) is 0 Å². The fourth-order valence-corrected chi connectivity index (χ4v) is 74.2. The van der Waals surface area contributed by atoms with Crippen molar-refractivity contribution in [3.8, 4) is 0 Å². The molecule has 10 aliphatic rings. The third-order valence-corrected chi connectivity index (χ3v) is 64.3. The topological polar surface area (TPSA) is 0 Å². The van der Waals surface area contributed by atoms with Crippen LogP contribution < -0.4 is 34.0 Å². The highest BCUT2D eigenvalue weighted by Crippen LogP contribution is 2.95. The van der Waals surface area contributed by atoms with E-state index in [1.165, 1.54) is 45.3 Å². The Morgan fingerprint density at radius 2 is 0.369 bits per heavy atom. The number of halogens is 6. The Balaban J connectivity index is 0.000000198. The SMILES string of the molecule is Br[BH-]1[P+](C2CCCCC2)(C2CCCCC2)CC[P+]1(C1CCCCC1)C1CCCCC1.Br[BH-]1[P+](C2CCCCC2)(C2CCCCC2)CC[P+]1(C1CCCCC1)C1CCCCC1.ClCCl.[Br-].[Br-]. The minimum atomic E-state index is -0.794. The molecule has 10 rings (SSSR count). The van der Waals surface area contributed by atoms with Crippen LogP contribution in [0.1, 0.15) is 257 Å². The average Bonchev–Trinajstić information content (AvgIpc) is 3.87. The summed E-state index contributed by atoms with van der Waals surface area (Å²) in [5.41, 5.74) is 9.69. The van der Waals surface area contributed by atoms with Gasteiger partial charge in [-0.2, -0.15) is 0 Å². The lowest BCUT2D eigenvalue weighted by molar-refractivity contribution is -0.00100. The highest BCUT2D eigenvalue weighted by atomic mass is 79.9. The van der Waals surface area contributed by atoms with E-state index in [0.717, 1.165) is 0 Å². The molecule has 0 aromatic heterocycles. The number of hydrogen-bond acceptors (Lipinski definition) is 0. The Morgan fingerprint density at radius 1 is 0.262 bits per heavy atom. The second-order valence-electron chi connectivity index (χ2n) is 24.5. The molecule has 2 aliphatic heterocycles. The van der Waals surface area contributed by atoms with Crippen LogP contribution in [0.5, 0.6) is 0 Å². The van der Waals surface area contributed by atoms with Crippen molar-refractivity contribution in [2.45, 2.75) is 302 Å². The first-order chi connectivity index (χ1) is 31.0. The largest absolute Gasteiger partial charge is 1.00 e. The fraction of sp³-hybridized carbons (Fsp3) is 1.00. The first-order valence-corrected chi connectivity index (χ1v) is 41.7. The monoisotopic (exact) mass is 1270 g/mol. The number of alkyl halides is 2. The predicted octanol–water partition coefficient (Wildman–Crippen LogP) is 14.4. The summed E-state index contributed by atoms with van der Waals surface area (Å²) in [6.45, 7) is 0. The van der Waals surface area contributed by atoms with Gasteiger partial charge in [0.1, 0.15) is 0 Å². The zero-order valence-corrected chi connectivity index (χ0v) is 53.3. The Hall–Kier alpha value is 4.35. The first-order valence-electron chi connectivity index (χ1n) is 29.2. The van der Waals surface area contributed by atoms with E-state index in [9.17, 15) is 0 Å². The van der Waals surface area contributed by atoms with Gasteiger partial charge in [-0.15, -0.1) is 23.2 Å². The predicted molar refractivity (Wildman–Crippen MR) is 311 cm³/mol. The van der Waals surface area contributed by atoms with Crippen LogP contribution in [0, 0.1) is 0 Å². The van der Waals surface area contributed by atoms with Gasteiger partial charge in [0.05, 0.1) is 30.0 Å². The molecule has 0 nitrogen and oxygen atoms in total. The Bertz CT molecular complexity index is 1060. The molecular formula is C53H100B2Br4Cl2P4. The van der Waals surface area contributed by atoms with E-state index < -0.39 is 28.6 Å². The summed E-state index contributed by atoms with van der Waals surface area (Å²) >= 11 is 19.3. The summed E-state index contributed by atoms with van der Waals surface area (Å²) in [7, 11) is -3.18. The Morgan fingerprint density at radius 3 is 0.477 bits per heavy atom. The first kappa shape index (κ1) is 58.6. The molecule has 0 spiro atoms. The molecule has 0 aromatic carbocycles. The van der Waals surface area contributed by atoms with Gasteiger partial charge < -0.3 is 34.0 Å². The van der Waals surface area contributed by atoms with E-state index in [-0.39, 0.29) is 49.3 Å². The van der Waals surface area contributed by atoms with Crippen molar-refractivity contribution in [2.24, 2.45) is 0 Å². The minimum Gasteiger partial charge on any atom is -1.00 e. The lowest BCUT2D eigenvalue weighted by Gasteiger charge is -2.52. The second-order valence-corrected chi connectivity index (χ2v) is 51.0. The molecule has 380 valence electrons. The zero-order valence-electron chi connectivity index (χ0n) is 41.9. The molecule has 0 amide bonds. The van der Waals surface area contributed by atoms with Crippen LogP contribution in [0.15, 0.2) is 0 Å². The van der Waals surface area contributed by atoms with Gasteiger partial charge >= 0.3 is 9.95 Å². The minimum absolute atomic E-state index is 0. The molecule has 0 atom stereocenters. The van der Waals surface area contributed by atoms with Gasteiger partial charge in [0.25, 0.3) is 0 Å². The van der Waals surface area contributed by atoms with E-state index >= 15 is 0 Å². The molecule has 8 saturated carbocycles. The van der Waals surface area contributed by atoms with Crippen LogP contribution in [0.25, 0.3) is 0 Å². The quantitative estimate of drug-likeness (QED) is 0.129. The van der Waals surface area contributed by atoms with E-state index in [1.54, 1.807) is 281 Å². The summed E-state index contributed by atoms with van der Waals surface area (Å²) in [4.78, 5) is -0.130. The molecule has 0 aromatic rings. The highest BCUT2D eigenvalue weighted by molar-refractivity contribution is 9.33. The fourth-order valence-electron chi connectivity index (χ4n) is 19.4. The van der Waals surface area contributed by atoms with E-state index in [4.69, 9.17) is 54.7 Å². The lowest BCUT2D eigenvalue weighted by atomic mass is 9.99. The smallest absolute Gasteiger partial charge is 0.364 e. The molecule has 65 heavy (non-hydrogen) atoms. The second kappa shape index (κ2) is 29.0. The van der Waals surface area contributed by atoms with Crippen LogP contribution in [0.4, 0.5) is 0 Å². The van der Waals surface area contributed by atoms with Crippen LogP contribution in [-0.4, -0.2) is 85.2 Å². The maximum absolute atomic E-state index is 4.91. The summed E-state index contributed by atoms with van der Waals surface area (Å²) in [5.74, 6) is 0. The highest BCUT2D eigenvalue weighted by Gasteiger charge is 2.72. The Labute approximate surface area is 455 Å².